The molecule has 1 N–H and O–H groups in total. The summed E-state index contributed by atoms with van der Waals surface area (Å²) in [4.78, 5) is 28.8. The Kier molecular flexibility index (Phi) is 4.10. The van der Waals surface area contributed by atoms with E-state index < -0.39 is 0 Å². The zero-order valence-electron chi connectivity index (χ0n) is 11.3. The Bertz CT molecular complexity index is 626. The average Bonchev–Trinajstić information content (AvgIpc) is 2.47. The number of hydrogen-bond acceptors (Lipinski definition) is 3. The van der Waals surface area contributed by atoms with Crippen LogP contribution in [0.25, 0.3) is 0 Å². The van der Waals surface area contributed by atoms with E-state index in [-0.39, 0.29) is 11.8 Å². The van der Waals surface area contributed by atoms with E-state index >= 15 is 0 Å². The Balaban J connectivity index is 2.12. The van der Waals surface area contributed by atoms with Crippen molar-refractivity contribution in [2.24, 2.45) is 0 Å². The number of pyridine rings is 1. The molecule has 0 saturated heterocycles. The van der Waals surface area contributed by atoms with E-state index in [1.54, 1.807) is 55.8 Å². The fourth-order valence-electron chi connectivity index (χ4n) is 1.69. The van der Waals surface area contributed by atoms with Crippen molar-refractivity contribution in [1.82, 2.24) is 4.98 Å². The van der Waals surface area contributed by atoms with Gasteiger partial charge in [-0.2, -0.15) is 0 Å². The molecule has 0 atom stereocenters. The molecule has 2 amide bonds. The fourth-order valence-corrected chi connectivity index (χ4v) is 1.69. The fraction of sp³-hybridized carbons (Fsp3) is 0.133. The highest BCUT2D eigenvalue weighted by molar-refractivity contribution is 6.02. The van der Waals surface area contributed by atoms with Gasteiger partial charge >= 0.3 is 6.03 Å². The molecule has 2 aromatic rings. The number of Topliss-reactive ketones (excluding diaryl/α,β-unsaturated/α-hetero) is 1. The summed E-state index contributed by atoms with van der Waals surface area (Å²) in [5.74, 6) is -0.0401. The number of nitrogens with one attached hydrogen (secondary N) is 1. The molecule has 5 nitrogen and oxygen atoms in total. The van der Waals surface area contributed by atoms with Crippen LogP contribution in [0.2, 0.25) is 0 Å². The maximum Gasteiger partial charge on any atom is 0.326 e. The molecule has 102 valence electrons. The number of rotatable bonds is 3. The van der Waals surface area contributed by atoms with Crippen LogP contribution in [-0.2, 0) is 0 Å². The molecule has 1 aromatic heterocycles. The Labute approximate surface area is 117 Å². The lowest BCUT2D eigenvalue weighted by molar-refractivity contribution is 0.101. The number of ketones is 1. The van der Waals surface area contributed by atoms with E-state index in [2.05, 4.69) is 10.3 Å². The molecule has 0 bridgehead atoms. The van der Waals surface area contributed by atoms with Gasteiger partial charge in [0.1, 0.15) is 0 Å². The van der Waals surface area contributed by atoms with Crippen molar-refractivity contribution in [3.63, 3.8) is 0 Å². The predicted octanol–water partition coefficient (Wildman–Crippen LogP) is 2.95. The largest absolute Gasteiger partial charge is 0.326 e. The van der Waals surface area contributed by atoms with Gasteiger partial charge in [-0.05, 0) is 31.2 Å². The summed E-state index contributed by atoms with van der Waals surface area (Å²) >= 11 is 0. The molecule has 5 heteroatoms. The minimum absolute atomic E-state index is 0.0401. The summed E-state index contributed by atoms with van der Waals surface area (Å²) in [5, 5.41) is 2.74. The van der Waals surface area contributed by atoms with Crippen LogP contribution < -0.4 is 10.2 Å². The van der Waals surface area contributed by atoms with Crippen LogP contribution in [0.3, 0.4) is 0 Å². The number of aromatic nitrogens is 1. The molecule has 0 saturated carbocycles. The molecular formula is C15H15N3O2. The van der Waals surface area contributed by atoms with E-state index in [0.717, 1.165) is 0 Å². The maximum absolute atomic E-state index is 12.1. The van der Waals surface area contributed by atoms with E-state index in [1.807, 2.05) is 0 Å². The smallest absolute Gasteiger partial charge is 0.308 e. The lowest BCUT2D eigenvalue weighted by Crippen LogP contribution is -2.31. The van der Waals surface area contributed by atoms with Gasteiger partial charge in [-0.25, -0.2) is 4.79 Å². The highest BCUT2D eigenvalue weighted by atomic mass is 16.2. The molecule has 0 spiro atoms. The summed E-state index contributed by atoms with van der Waals surface area (Å²) in [6.07, 6.45) is 3.25. The van der Waals surface area contributed by atoms with Gasteiger partial charge in [-0.3, -0.25) is 14.7 Å². The number of benzene rings is 1. The summed E-state index contributed by atoms with van der Waals surface area (Å²) in [6, 6.07) is 10.1. The second-order valence-corrected chi connectivity index (χ2v) is 4.34. The van der Waals surface area contributed by atoms with Gasteiger partial charge in [0.2, 0.25) is 0 Å². The first kappa shape index (κ1) is 13.7. The third-order valence-corrected chi connectivity index (χ3v) is 2.86. The zero-order chi connectivity index (χ0) is 14.5. The first-order valence-electron chi connectivity index (χ1n) is 6.13. The average molecular weight is 269 g/mol. The first-order valence-corrected chi connectivity index (χ1v) is 6.13. The SMILES string of the molecule is CC(=O)c1cccc(NC(=O)N(C)c2cccnc2)c1. The second kappa shape index (κ2) is 5.97. The van der Waals surface area contributed by atoms with Crippen LogP contribution in [0, 0.1) is 0 Å². The van der Waals surface area contributed by atoms with Gasteiger partial charge in [0.15, 0.2) is 5.78 Å². The molecule has 0 aliphatic rings. The number of hydrogen-bond donors (Lipinski definition) is 1. The van der Waals surface area contributed by atoms with Crippen LogP contribution in [-0.4, -0.2) is 23.8 Å². The molecular weight excluding hydrogens is 254 g/mol. The number of urea groups is 1. The Morgan fingerprint density at radius 1 is 1.20 bits per heavy atom. The van der Waals surface area contributed by atoms with Gasteiger partial charge in [0.25, 0.3) is 0 Å². The van der Waals surface area contributed by atoms with E-state index in [0.29, 0.717) is 16.9 Å². The first-order chi connectivity index (χ1) is 9.58. The zero-order valence-corrected chi connectivity index (χ0v) is 11.3. The molecule has 0 aliphatic carbocycles. The second-order valence-electron chi connectivity index (χ2n) is 4.34. The monoisotopic (exact) mass is 269 g/mol. The summed E-state index contributed by atoms with van der Waals surface area (Å²) in [5.41, 5.74) is 1.83. The Morgan fingerprint density at radius 3 is 2.65 bits per heavy atom. The Morgan fingerprint density at radius 2 is 2.00 bits per heavy atom. The topological polar surface area (TPSA) is 62.3 Å². The van der Waals surface area contributed by atoms with Gasteiger partial charge < -0.3 is 5.32 Å². The number of amides is 2. The van der Waals surface area contributed by atoms with Crippen LogP contribution in [0.15, 0.2) is 48.8 Å². The van der Waals surface area contributed by atoms with Crippen molar-refractivity contribution in [1.29, 1.82) is 0 Å². The molecule has 2 rings (SSSR count). The summed E-state index contributed by atoms with van der Waals surface area (Å²) < 4.78 is 0. The normalized spacial score (nSPS) is 9.90. The molecule has 20 heavy (non-hydrogen) atoms. The minimum atomic E-state index is -0.293. The highest BCUT2D eigenvalue weighted by Crippen LogP contribution is 2.14. The third kappa shape index (κ3) is 3.20. The Hall–Kier alpha value is -2.69. The lowest BCUT2D eigenvalue weighted by atomic mass is 10.1. The number of carbonyl (C=O) groups excluding carboxylic acids is 2. The van der Waals surface area contributed by atoms with Crippen molar-refractivity contribution in [2.75, 3.05) is 17.3 Å². The van der Waals surface area contributed by atoms with Crippen molar-refractivity contribution < 1.29 is 9.59 Å². The number of anilines is 2. The lowest BCUT2D eigenvalue weighted by Gasteiger charge is -2.17. The van der Waals surface area contributed by atoms with Crippen molar-refractivity contribution >= 4 is 23.2 Å². The van der Waals surface area contributed by atoms with E-state index in [4.69, 9.17) is 0 Å². The van der Waals surface area contributed by atoms with Crippen LogP contribution >= 0.6 is 0 Å². The minimum Gasteiger partial charge on any atom is -0.308 e. The van der Waals surface area contributed by atoms with Gasteiger partial charge in [-0.15, -0.1) is 0 Å². The number of nitrogens with zero attached hydrogens (tertiary/aromatic N) is 2. The van der Waals surface area contributed by atoms with Crippen LogP contribution in [0.1, 0.15) is 17.3 Å². The van der Waals surface area contributed by atoms with Crippen LogP contribution in [0.5, 0.6) is 0 Å². The third-order valence-electron chi connectivity index (χ3n) is 2.86. The molecule has 1 heterocycles. The molecule has 0 unspecified atom stereocenters. The van der Waals surface area contributed by atoms with Gasteiger partial charge in [-0.1, -0.05) is 12.1 Å². The van der Waals surface area contributed by atoms with Gasteiger partial charge in [0.05, 0.1) is 11.9 Å². The van der Waals surface area contributed by atoms with E-state index in [9.17, 15) is 9.59 Å². The molecule has 1 aromatic carbocycles. The van der Waals surface area contributed by atoms with Crippen LogP contribution in [0.4, 0.5) is 16.2 Å². The van der Waals surface area contributed by atoms with Crippen molar-refractivity contribution in [3.8, 4) is 0 Å². The standard InChI is InChI=1S/C15H15N3O2/c1-11(19)12-5-3-6-13(9-12)17-15(20)18(2)14-7-4-8-16-10-14/h3-10H,1-2H3,(H,17,20). The van der Waals surface area contributed by atoms with Crippen molar-refractivity contribution in [3.05, 3.63) is 54.4 Å². The molecule has 0 aliphatic heterocycles. The highest BCUT2D eigenvalue weighted by Gasteiger charge is 2.11. The van der Waals surface area contributed by atoms with E-state index in [1.165, 1.54) is 11.8 Å². The predicted molar refractivity (Wildman–Crippen MR) is 78.1 cm³/mol. The molecule has 0 fully saturated rings. The quantitative estimate of drug-likeness (QED) is 0.871. The molecule has 0 radical (unpaired) electrons. The number of carbonyl (C=O) groups is 2. The van der Waals surface area contributed by atoms with Crippen molar-refractivity contribution in [2.45, 2.75) is 6.92 Å². The maximum atomic E-state index is 12.1. The summed E-state index contributed by atoms with van der Waals surface area (Å²) in [7, 11) is 1.65. The summed E-state index contributed by atoms with van der Waals surface area (Å²) in [6.45, 7) is 1.49. The van der Waals surface area contributed by atoms with Gasteiger partial charge in [0, 0.05) is 24.5 Å².